The smallest absolute Gasteiger partial charge is 0.285 e. The largest absolute Gasteiger partial charge is 0.494 e. The number of benzene rings is 2. The highest BCUT2D eigenvalue weighted by molar-refractivity contribution is 7.90. The number of nitrogens with one attached hydrogen (secondary N) is 2. The van der Waals surface area contributed by atoms with Crippen molar-refractivity contribution in [2.24, 2.45) is 0 Å². The number of rotatable bonds is 6. The molecule has 9 nitrogen and oxygen atoms in total. The Balaban J connectivity index is 1.81. The van der Waals surface area contributed by atoms with Gasteiger partial charge < -0.3 is 10.1 Å². The lowest BCUT2D eigenvalue weighted by molar-refractivity contribution is 0.0958. The van der Waals surface area contributed by atoms with Gasteiger partial charge in [0, 0.05) is 18.8 Å². The Morgan fingerprint density at radius 2 is 1.73 bits per heavy atom. The van der Waals surface area contributed by atoms with E-state index in [1.54, 1.807) is 6.07 Å². The fraction of sp³-hybridized carbons (Fsp3) is 0.150. The van der Waals surface area contributed by atoms with Crippen molar-refractivity contribution >= 4 is 21.8 Å². The van der Waals surface area contributed by atoms with Crippen molar-refractivity contribution in [2.45, 2.75) is 11.8 Å². The number of nitrogens with zero attached hydrogens (tertiary/aromatic N) is 2. The van der Waals surface area contributed by atoms with Crippen LogP contribution in [0, 0.1) is 6.92 Å². The second kappa shape index (κ2) is 8.37. The third-order valence-corrected chi connectivity index (χ3v) is 5.63. The van der Waals surface area contributed by atoms with E-state index in [0.29, 0.717) is 17.0 Å². The molecular weight excluding hydrogens is 408 g/mol. The standard InChI is InChI=1S/C20H20N4O5S/c1-13-4-9-18(29-3)17(12-13)24-11-10-16(22-24)20(26)23-30(27,28)15-7-5-14(6-8-15)19(25)21-2/h4-12H,1-3H3,(H,21,25)(H,23,26). The maximum absolute atomic E-state index is 12.5. The summed E-state index contributed by atoms with van der Waals surface area (Å²) in [5, 5.41) is 6.61. The van der Waals surface area contributed by atoms with Crippen molar-refractivity contribution in [3.8, 4) is 11.4 Å². The molecule has 0 atom stereocenters. The van der Waals surface area contributed by atoms with Crippen molar-refractivity contribution in [3.63, 3.8) is 0 Å². The number of aromatic nitrogens is 2. The third kappa shape index (κ3) is 4.33. The van der Waals surface area contributed by atoms with E-state index in [-0.39, 0.29) is 16.5 Å². The second-order valence-electron chi connectivity index (χ2n) is 6.36. The average molecular weight is 428 g/mol. The van der Waals surface area contributed by atoms with Crippen LogP contribution in [0.5, 0.6) is 5.75 Å². The van der Waals surface area contributed by atoms with Crippen molar-refractivity contribution in [1.29, 1.82) is 0 Å². The van der Waals surface area contributed by atoms with Crippen LogP contribution >= 0.6 is 0 Å². The first-order valence-corrected chi connectivity index (χ1v) is 10.3. The van der Waals surface area contributed by atoms with Crippen molar-refractivity contribution in [3.05, 3.63) is 71.5 Å². The highest BCUT2D eigenvalue weighted by atomic mass is 32.2. The molecule has 0 aliphatic heterocycles. The van der Waals surface area contributed by atoms with E-state index in [4.69, 9.17) is 4.74 Å². The molecule has 0 aliphatic rings. The van der Waals surface area contributed by atoms with E-state index >= 15 is 0 Å². The molecule has 10 heteroatoms. The van der Waals surface area contributed by atoms with Gasteiger partial charge in [0.15, 0.2) is 5.69 Å². The van der Waals surface area contributed by atoms with Gasteiger partial charge in [0.2, 0.25) is 0 Å². The number of amides is 2. The molecule has 1 heterocycles. The van der Waals surface area contributed by atoms with Gasteiger partial charge in [-0.15, -0.1) is 0 Å². The SMILES string of the molecule is CNC(=O)c1ccc(S(=O)(=O)NC(=O)c2ccn(-c3cc(C)ccc3OC)n2)cc1. The fourth-order valence-corrected chi connectivity index (χ4v) is 3.68. The van der Waals surface area contributed by atoms with Crippen LogP contribution in [0.3, 0.4) is 0 Å². The number of ether oxygens (including phenoxy) is 1. The van der Waals surface area contributed by atoms with Gasteiger partial charge in [-0.3, -0.25) is 9.59 Å². The van der Waals surface area contributed by atoms with Crippen molar-refractivity contribution < 1.29 is 22.7 Å². The molecule has 3 rings (SSSR count). The minimum atomic E-state index is -4.14. The Morgan fingerprint density at radius 3 is 2.37 bits per heavy atom. The first kappa shape index (κ1) is 21.1. The van der Waals surface area contributed by atoms with Crippen LogP contribution in [0.15, 0.2) is 59.6 Å². The summed E-state index contributed by atoms with van der Waals surface area (Å²) in [6.07, 6.45) is 1.54. The number of carbonyl (C=O) groups excluding carboxylic acids is 2. The predicted octanol–water partition coefficient (Wildman–Crippen LogP) is 1.67. The van der Waals surface area contributed by atoms with Gasteiger partial charge in [0.1, 0.15) is 11.4 Å². The summed E-state index contributed by atoms with van der Waals surface area (Å²) in [7, 11) is -1.14. The molecule has 2 amide bonds. The quantitative estimate of drug-likeness (QED) is 0.616. The molecule has 2 aromatic carbocycles. The van der Waals surface area contributed by atoms with Crippen LogP contribution in [-0.2, 0) is 10.0 Å². The van der Waals surface area contributed by atoms with E-state index in [1.165, 1.54) is 55.4 Å². The Hall–Kier alpha value is -3.66. The molecule has 0 aliphatic carbocycles. The van der Waals surface area contributed by atoms with Gasteiger partial charge in [-0.05, 0) is 55.0 Å². The van der Waals surface area contributed by atoms with E-state index < -0.39 is 15.9 Å². The minimum absolute atomic E-state index is 0.0795. The lowest BCUT2D eigenvalue weighted by Crippen LogP contribution is -2.31. The summed E-state index contributed by atoms with van der Waals surface area (Å²) in [4.78, 5) is 23.9. The van der Waals surface area contributed by atoms with Crippen LogP contribution in [0.2, 0.25) is 0 Å². The molecule has 1 aromatic heterocycles. The number of methoxy groups -OCH3 is 1. The minimum Gasteiger partial charge on any atom is -0.494 e. The summed E-state index contributed by atoms with van der Waals surface area (Å²) in [6, 6.07) is 12.1. The zero-order chi connectivity index (χ0) is 21.9. The Morgan fingerprint density at radius 1 is 1.03 bits per heavy atom. The number of hydrogen-bond donors (Lipinski definition) is 2. The molecular formula is C20H20N4O5S. The van der Waals surface area contributed by atoms with E-state index in [1.807, 2.05) is 23.8 Å². The van der Waals surface area contributed by atoms with Gasteiger partial charge in [-0.2, -0.15) is 5.10 Å². The molecule has 0 radical (unpaired) electrons. The molecule has 30 heavy (non-hydrogen) atoms. The Kier molecular flexibility index (Phi) is 5.88. The molecule has 0 saturated carbocycles. The topological polar surface area (TPSA) is 119 Å². The normalized spacial score (nSPS) is 11.0. The van der Waals surface area contributed by atoms with Crippen molar-refractivity contribution in [1.82, 2.24) is 19.8 Å². The number of sulfonamides is 1. The predicted molar refractivity (Wildman–Crippen MR) is 109 cm³/mol. The Labute approximate surface area is 173 Å². The number of hydrogen-bond acceptors (Lipinski definition) is 6. The van der Waals surface area contributed by atoms with Gasteiger partial charge in [-0.1, -0.05) is 6.07 Å². The molecule has 0 bridgehead atoms. The molecule has 0 fully saturated rings. The van der Waals surface area contributed by atoms with Crippen LogP contribution in [0.25, 0.3) is 5.69 Å². The summed E-state index contributed by atoms with van der Waals surface area (Å²) in [5.41, 5.74) is 1.80. The average Bonchev–Trinajstić information content (AvgIpc) is 3.23. The summed E-state index contributed by atoms with van der Waals surface area (Å²) >= 11 is 0. The fourth-order valence-electron chi connectivity index (χ4n) is 2.72. The molecule has 3 aromatic rings. The molecule has 0 saturated heterocycles. The monoisotopic (exact) mass is 428 g/mol. The van der Waals surface area contributed by atoms with Gasteiger partial charge >= 0.3 is 0 Å². The van der Waals surface area contributed by atoms with Crippen LogP contribution < -0.4 is 14.8 Å². The van der Waals surface area contributed by atoms with Crippen LogP contribution in [0.1, 0.15) is 26.4 Å². The van der Waals surface area contributed by atoms with E-state index in [9.17, 15) is 18.0 Å². The highest BCUT2D eigenvalue weighted by Crippen LogP contribution is 2.23. The molecule has 0 spiro atoms. The van der Waals surface area contributed by atoms with Gasteiger partial charge in [0.25, 0.3) is 21.8 Å². The highest BCUT2D eigenvalue weighted by Gasteiger charge is 2.21. The first-order chi connectivity index (χ1) is 14.2. The lowest BCUT2D eigenvalue weighted by Gasteiger charge is -2.09. The molecule has 2 N–H and O–H groups in total. The third-order valence-electron chi connectivity index (χ3n) is 4.28. The maximum Gasteiger partial charge on any atom is 0.285 e. The zero-order valence-electron chi connectivity index (χ0n) is 16.5. The lowest BCUT2D eigenvalue weighted by atomic mass is 10.2. The van der Waals surface area contributed by atoms with Crippen LogP contribution in [0.4, 0.5) is 0 Å². The molecule has 156 valence electrons. The first-order valence-electron chi connectivity index (χ1n) is 8.85. The van der Waals surface area contributed by atoms with Gasteiger partial charge in [-0.25, -0.2) is 17.8 Å². The summed E-state index contributed by atoms with van der Waals surface area (Å²) in [6.45, 7) is 1.90. The number of carbonyl (C=O) groups is 2. The maximum atomic E-state index is 12.5. The zero-order valence-corrected chi connectivity index (χ0v) is 17.4. The van der Waals surface area contributed by atoms with E-state index in [0.717, 1.165) is 5.56 Å². The van der Waals surface area contributed by atoms with E-state index in [2.05, 4.69) is 10.4 Å². The molecule has 0 unspecified atom stereocenters. The number of aryl methyl sites for hydroxylation is 1. The second-order valence-corrected chi connectivity index (χ2v) is 8.04. The Bertz CT molecular complexity index is 1200. The summed E-state index contributed by atoms with van der Waals surface area (Å²) < 4.78 is 33.7. The summed E-state index contributed by atoms with van der Waals surface area (Å²) in [5.74, 6) is -0.671. The van der Waals surface area contributed by atoms with Gasteiger partial charge in [0.05, 0.1) is 12.0 Å². The van der Waals surface area contributed by atoms with Crippen molar-refractivity contribution in [2.75, 3.05) is 14.2 Å². The van der Waals surface area contributed by atoms with Crippen LogP contribution in [-0.4, -0.2) is 44.2 Å².